The van der Waals surface area contributed by atoms with E-state index < -0.39 is 0 Å². The number of carbonyl (C=O) groups excluding carboxylic acids is 2. The Labute approximate surface area is 109 Å². The van der Waals surface area contributed by atoms with E-state index in [9.17, 15) is 9.59 Å². The van der Waals surface area contributed by atoms with Crippen LogP contribution in [0, 0.1) is 5.92 Å². The molecule has 2 heterocycles. The maximum atomic E-state index is 11.9. The van der Waals surface area contributed by atoms with Crippen LogP contribution in [0.3, 0.4) is 0 Å². The van der Waals surface area contributed by atoms with Crippen LogP contribution in [0.4, 0.5) is 5.13 Å². The first-order chi connectivity index (χ1) is 8.69. The Morgan fingerprint density at radius 1 is 1.50 bits per heavy atom. The average molecular weight is 266 g/mol. The summed E-state index contributed by atoms with van der Waals surface area (Å²) >= 11 is 1.59. The summed E-state index contributed by atoms with van der Waals surface area (Å²) < 4.78 is 4.69. The van der Waals surface area contributed by atoms with Crippen LogP contribution in [0.5, 0.6) is 0 Å². The molecule has 0 spiro atoms. The highest BCUT2D eigenvalue weighted by atomic mass is 32.1. The molecule has 0 radical (unpaired) electrons. The van der Waals surface area contributed by atoms with Crippen molar-refractivity contribution in [1.82, 2.24) is 4.98 Å². The van der Waals surface area contributed by atoms with Crippen molar-refractivity contribution in [2.45, 2.75) is 25.7 Å². The van der Waals surface area contributed by atoms with E-state index in [0.29, 0.717) is 6.54 Å². The van der Waals surface area contributed by atoms with Crippen LogP contribution in [-0.2, 0) is 27.2 Å². The number of fused-ring (bicyclic) bond motifs is 1. The number of thiazole rings is 1. The summed E-state index contributed by atoms with van der Waals surface area (Å²) in [6, 6.07) is 0. The van der Waals surface area contributed by atoms with Gasteiger partial charge in [0.1, 0.15) is 0 Å². The standard InChI is InChI=1S/C12H14N2O3S/c1-17-11(16)7-5-10(15)14(6-7)12-13-8-3-2-4-9(8)18-12/h7H,2-6H2,1H3. The van der Waals surface area contributed by atoms with Crippen LogP contribution in [0.15, 0.2) is 0 Å². The lowest BCUT2D eigenvalue weighted by Gasteiger charge is -2.12. The highest BCUT2D eigenvalue weighted by Gasteiger charge is 2.37. The van der Waals surface area contributed by atoms with Crippen LogP contribution in [0.1, 0.15) is 23.4 Å². The van der Waals surface area contributed by atoms with Crippen molar-refractivity contribution >= 4 is 28.3 Å². The Morgan fingerprint density at radius 3 is 3.06 bits per heavy atom. The third kappa shape index (κ3) is 1.80. The molecule has 3 rings (SSSR count). The molecule has 0 N–H and O–H groups in total. The van der Waals surface area contributed by atoms with Gasteiger partial charge in [-0.3, -0.25) is 14.5 Å². The van der Waals surface area contributed by atoms with Gasteiger partial charge < -0.3 is 4.74 Å². The first-order valence-electron chi connectivity index (χ1n) is 6.06. The normalized spacial score (nSPS) is 22.4. The molecule has 1 saturated heterocycles. The van der Waals surface area contributed by atoms with Crippen molar-refractivity contribution in [1.29, 1.82) is 0 Å². The molecule has 1 aromatic rings. The third-order valence-electron chi connectivity index (χ3n) is 3.47. The van der Waals surface area contributed by atoms with Gasteiger partial charge in [0.05, 0.1) is 18.7 Å². The van der Waals surface area contributed by atoms with Gasteiger partial charge in [-0.15, -0.1) is 11.3 Å². The number of methoxy groups -OCH3 is 1. The summed E-state index contributed by atoms with van der Waals surface area (Å²) in [4.78, 5) is 30.8. The molecule has 18 heavy (non-hydrogen) atoms. The molecule has 1 amide bonds. The number of nitrogens with zero attached hydrogens (tertiary/aromatic N) is 2. The molecule has 0 bridgehead atoms. The molecule has 96 valence electrons. The molecule has 0 aromatic carbocycles. The molecule has 1 atom stereocenters. The zero-order valence-corrected chi connectivity index (χ0v) is 11.0. The molecule has 1 fully saturated rings. The minimum Gasteiger partial charge on any atom is -0.469 e. The molecular formula is C12H14N2O3S. The number of rotatable bonds is 2. The maximum Gasteiger partial charge on any atom is 0.311 e. The van der Waals surface area contributed by atoms with Crippen molar-refractivity contribution in [3.63, 3.8) is 0 Å². The van der Waals surface area contributed by atoms with E-state index in [2.05, 4.69) is 4.98 Å². The zero-order valence-electron chi connectivity index (χ0n) is 10.1. The van der Waals surface area contributed by atoms with Crippen molar-refractivity contribution in [3.8, 4) is 0 Å². The van der Waals surface area contributed by atoms with Gasteiger partial charge in [-0.05, 0) is 19.3 Å². The lowest BCUT2D eigenvalue weighted by molar-refractivity contribution is -0.145. The predicted molar refractivity (Wildman–Crippen MR) is 66.6 cm³/mol. The number of esters is 1. The Hall–Kier alpha value is -1.43. The van der Waals surface area contributed by atoms with E-state index in [-0.39, 0.29) is 24.2 Å². The summed E-state index contributed by atoms with van der Waals surface area (Å²) in [6.07, 6.45) is 3.47. The van der Waals surface area contributed by atoms with Crippen molar-refractivity contribution in [2.24, 2.45) is 5.92 Å². The Kier molecular flexibility index (Phi) is 2.81. The van der Waals surface area contributed by atoms with E-state index in [1.165, 1.54) is 12.0 Å². The molecular weight excluding hydrogens is 252 g/mol. The fraction of sp³-hybridized carbons (Fsp3) is 0.583. The lowest BCUT2D eigenvalue weighted by Crippen LogP contribution is -2.26. The average Bonchev–Trinajstić information content (AvgIpc) is 3.00. The van der Waals surface area contributed by atoms with Crippen molar-refractivity contribution in [2.75, 3.05) is 18.6 Å². The SMILES string of the molecule is COC(=O)C1CC(=O)N(c2nc3c(s2)CCC3)C1. The largest absolute Gasteiger partial charge is 0.469 e. The third-order valence-corrected chi connectivity index (χ3v) is 4.66. The van der Waals surface area contributed by atoms with Gasteiger partial charge in [0, 0.05) is 17.8 Å². The molecule has 6 heteroatoms. The lowest BCUT2D eigenvalue weighted by atomic mass is 10.1. The second-order valence-electron chi connectivity index (χ2n) is 4.65. The van der Waals surface area contributed by atoms with E-state index in [1.807, 2.05) is 0 Å². The Balaban J connectivity index is 1.80. The fourth-order valence-electron chi connectivity index (χ4n) is 2.51. The van der Waals surface area contributed by atoms with Crippen LogP contribution in [-0.4, -0.2) is 30.5 Å². The molecule has 2 aliphatic rings. The zero-order chi connectivity index (χ0) is 12.7. The van der Waals surface area contributed by atoms with Gasteiger partial charge in [-0.2, -0.15) is 0 Å². The van der Waals surface area contributed by atoms with E-state index >= 15 is 0 Å². The molecule has 1 aliphatic heterocycles. The minimum atomic E-state index is -0.346. The van der Waals surface area contributed by atoms with Gasteiger partial charge in [-0.1, -0.05) is 0 Å². The van der Waals surface area contributed by atoms with Gasteiger partial charge in [0.15, 0.2) is 5.13 Å². The number of anilines is 1. The summed E-state index contributed by atoms with van der Waals surface area (Å²) in [7, 11) is 1.35. The predicted octanol–water partition coefficient (Wildman–Crippen LogP) is 1.16. The highest BCUT2D eigenvalue weighted by molar-refractivity contribution is 7.16. The van der Waals surface area contributed by atoms with Gasteiger partial charge >= 0.3 is 5.97 Å². The fourth-order valence-corrected chi connectivity index (χ4v) is 3.68. The number of amides is 1. The Bertz CT molecular complexity index is 490. The molecule has 5 nitrogen and oxygen atoms in total. The summed E-state index contributed by atoms with van der Waals surface area (Å²) in [5.74, 6) is -0.686. The Morgan fingerprint density at radius 2 is 2.33 bits per heavy atom. The van der Waals surface area contributed by atoms with E-state index in [1.54, 1.807) is 16.2 Å². The minimum absolute atomic E-state index is 0.0298. The topological polar surface area (TPSA) is 59.5 Å². The smallest absolute Gasteiger partial charge is 0.311 e. The second-order valence-corrected chi connectivity index (χ2v) is 5.71. The number of aryl methyl sites for hydroxylation is 2. The van der Waals surface area contributed by atoms with Crippen LogP contribution in [0.25, 0.3) is 0 Å². The summed E-state index contributed by atoms with van der Waals surface area (Å²) in [6.45, 7) is 0.401. The number of hydrogen-bond donors (Lipinski definition) is 0. The number of hydrogen-bond acceptors (Lipinski definition) is 5. The molecule has 1 aromatic heterocycles. The van der Waals surface area contributed by atoms with Gasteiger partial charge in [0.2, 0.25) is 5.91 Å². The maximum absolute atomic E-state index is 11.9. The second kappa shape index (κ2) is 4.35. The first-order valence-corrected chi connectivity index (χ1v) is 6.87. The highest BCUT2D eigenvalue weighted by Crippen LogP contribution is 2.35. The van der Waals surface area contributed by atoms with E-state index in [0.717, 1.165) is 30.1 Å². The molecule has 1 unspecified atom stereocenters. The monoisotopic (exact) mass is 266 g/mol. The van der Waals surface area contributed by atoms with Crippen molar-refractivity contribution < 1.29 is 14.3 Å². The molecule has 0 saturated carbocycles. The van der Waals surface area contributed by atoms with Crippen LogP contribution < -0.4 is 4.90 Å². The number of aromatic nitrogens is 1. The van der Waals surface area contributed by atoms with E-state index in [4.69, 9.17) is 4.74 Å². The van der Waals surface area contributed by atoms with Crippen LogP contribution >= 0.6 is 11.3 Å². The van der Waals surface area contributed by atoms with Gasteiger partial charge in [0.25, 0.3) is 0 Å². The molecule has 1 aliphatic carbocycles. The number of ether oxygens (including phenoxy) is 1. The summed E-state index contributed by atoms with van der Waals surface area (Å²) in [5.41, 5.74) is 1.13. The quantitative estimate of drug-likeness (QED) is 0.754. The van der Waals surface area contributed by atoms with Crippen LogP contribution in [0.2, 0.25) is 0 Å². The van der Waals surface area contributed by atoms with Gasteiger partial charge in [-0.25, -0.2) is 4.98 Å². The first kappa shape index (κ1) is 11.6. The summed E-state index contributed by atoms with van der Waals surface area (Å²) in [5, 5.41) is 0.746. The van der Waals surface area contributed by atoms with Crippen molar-refractivity contribution in [3.05, 3.63) is 10.6 Å². The number of carbonyl (C=O) groups is 2.